The van der Waals surface area contributed by atoms with Gasteiger partial charge >= 0.3 is 0 Å². The Morgan fingerprint density at radius 2 is 1.14 bits per heavy atom. The minimum atomic E-state index is -1.05. The van der Waals surface area contributed by atoms with Crippen LogP contribution in [0.1, 0.15) is 170 Å². The molecule has 382 valence electrons. The summed E-state index contributed by atoms with van der Waals surface area (Å²) in [6.07, 6.45) is 8.39. The highest BCUT2D eigenvalue weighted by molar-refractivity contribution is 5.34. The molecule has 0 radical (unpaired) electrons. The lowest BCUT2D eigenvalue weighted by atomic mass is 9.95. The highest BCUT2D eigenvalue weighted by atomic mass is 16.7. The summed E-state index contributed by atoms with van der Waals surface area (Å²) in [4.78, 5) is 0. The molecule has 0 spiro atoms. The largest absolute Gasteiger partial charge is 0.508 e. The van der Waals surface area contributed by atoms with Crippen LogP contribution in [0.2, 0.25) is 0 Å². The van der Waals surface area contributed by atoms with E-state index in [4.69, 9.17) is 33.5 Å². The molecule has 6 N–H and O–H groups in total. The summed E-state index contributed by atoms with van der Waals surface area (Å²) < 4.78 is 42.8. The number of hydrogen-bond donors (Lipinski definition) is 6. The van der Waals surface area contributed by atoms with Gasteiger partial charge in [0, 0.05) is 42.2 Å². The lowest BCUT2D eigenvalue weighted by Gasteiger charge is -2.38. The number of rotatable bonds is 22. The molecule has 0 amide bonds. The SMILES string of the molecule is CCCCC(O)CCCC1CC(CCCC(O)CC2CC(CCCC3CC(C)OC(c4ccccc4O)O3)OC(c3ccc(C#N)cc3)O2)OC(c2cccc(O)c2)O1.COC(O)c1ccccc1O. The first kappa shape index (κ1) is 54.7. The number of methoxy groups -OCH3 is 1. The zero-order valence-electron chi connectivity index (χ0n) is 41.0. The van der Waals surface area contributed by atoms with Gasteiger partial charge in [-0.05, 0) is 120 Å². The maximum Gasteiger partial charge on any atom is 0.187 e. The van der Waals surface area contributed by atoms with Crippen LogP contribution in [0.5, 0.6) is 17.2 Å². The molecule has 0 saturated carbocycles. The lowest BCUT2D eigenvalue weighted by molar-refractivity contribution is -0.256. The summed E-state index contributed by atoms with van der Waals surface area (Å²) in [5, 5.41) is 70.0. The fourth-order valence-electron chi connectivity index (χ4n) is 9.46. The third kappa shape index (κ3) is 17.3. The average Bonchev–Trinajstić information content (AvgIpc) is 3.35. The van der Waals surface area contributed by atoms with Crippen LogP contribution >= 0.6 is 0 Å². The van der Waals surface area contributed by atoms with Crippen molar-refractivity contribution in [2.75, 3.05) is 7.11 Å². The normalized spacial score (nSPS) is 26.0. The number of nitrogens with zero attached hydrogens (tertiary/aromatic N) is 1. The zero-order valence-corrected chi connectivity index (χ0v) is 41.0. The van der Waals surface area contributed by atoms with E-state index in [1.807, 2.05) is 37.3 Å². The molecule has 0 aromatic heterocycles. The molecule has 0 bridgehead atoms. The van der Waals surface area contributed by atoms with E-state index >= 15 is 0 Å². The summed E-state index contributed by atoms with van der Waals surface area (Å²) >= 11 is 0. The van der Waals surface area contributed by atoms with Crippen molar-refractivity contribution in [2.24, 2.45) is 0 Å². The molecule has 14 nitrogen and oxygen atoms in total. The Labute approximate surface area is 413 Å². The van der Waals surface area contributed by atoms with Crippen molar-refractivity contribution in [3.8, 4) is 23.3 Å². The topological polar surface area (TPSA) is 210 Å². The van der Waals surface area contributed by atoms with Crippen molar-refractivity contribution in [3.63, 3.8) is 0 Å². The zero-order chi connectivity index (χ0) is 49.8. The highest BCUT2D eigenvalue weighted by Gasteiger charge is 2.35. The summed E-state index contributed by atoms with van der Waals surface area (Å²) in [6, 6.07) is 30.1. The number of aliphatic hydroxyl groups is 3. The number of ether oxygens (including phenoxy) is 7. The van der Waals surface area contributed by atoms with Crippen molar-refractivity contribution in [2.45, 2.75) is 191 Å². The average molecular weight is 970 g/mol. The predicted molar refractivity (Wildman–Crippen MR) is 262 cm³/mol. The standard InChI is InChI=1S/C48H65NO10.C8H10O3/c1-3-4-12-36(50)13-8-16-40-29-41(57-47(56-40)35-11-7-14-37(51)27-35)17-9-15-38(52)28-43-30-42(55-46(59-43)34-24-22-33(31-49)23-25-34)19-10-18-39-26-32(2)54-48(58-39)44-20-5-6-21-45(44)53;1-11-8(10)6-4-2-3-5-7(6)9/h5-7,11,14,20-25,27,32,36,38-43,46-48,50-53H,3-4,8-10,12-13,15-19,26,28-30H2,1-2H3;2-5,8-10H,1H3. The smallest absolute Gasteiger partial charge is 0.187 e. The van der Waals surface area contributed by atoms with E-state index in [-0.39, 0.29) is 60.0 Å². The second-order valence-corrected chi connectivity index (χ2v) is 19.0. The van der Waals surface area contributed by atoms with E-state index in [2.05, 4.69) is 17.7 Å². The summed E-state index contributed by atoms with van der Waals surface area (Å²) in [7, 11) is 1.37. The van der Waals surface area contributed by atoms with E-state index in [1.165, 1.54) is 13.2 Å². The predicted octanol–water partition coefficient (Wildman–Crippen LogP) is 10.8. The molecule has 14 heteroatoms. The molecule has 3 heterocycles. The van der Waals surface area contributed by atoms with E-state index in [1.54, 1.807) is 60.7 Å². The second kappa shape index (κ2) is 28.4. The van der Waals surface area contributed by atoms with E-state index < -0.39 is 31.3 Å². The number of unbranched alkanes of at least 4 members (excludes halogenated alkanes) is 1. The van der Waals surface area contributed by atoms with Gasteiger partial charge in [-0.1, -0.05) is 80.4 Å². The maximum absolute atomic E-state index is 11.4. The van der Waals surface area contributed by atoms with Gasteiger partial charge in [0.2, 0.25) is 0 Å². The number of nitriles is 1. The molecule has 3 aliphatic heterocycles. The molecule has 0 aliphatic carbocycles. The minimum Gasteiger partial charge on any atom is -0.508 e. The summed E-state index contributed by atoms with van der Waals surface area (Å²) in [5.41, 5.74) is 3.20. The van der Waals surface area contributed by atoms with Gasteiger partial charge in [0.05, 0.1) is 60.5 Å². The third-order valence-corrected chi connectivity index (χ3v) is 13.3. The third-order valence-electron chi connectivity index (χ3n) is 13.3. The van der Waals surface area contributed by atoms with Crippen LogP contribution in [0.15, 0.2) is 97.1 Å². The van der Waals surface area contributed by atoms with Crippen LogP contribution in [-0.4, -0.2) is 86.6 Å². The van der Waals surface area contributed by atoms with Crippen LogP contribution in [0.4, 0.5) is 0 Å². The number of phenols is 3. The van der Waals surface area contributed by atoms with Gasteiger partial charge in [0.1, 0.15) is 17.2 Å². The molecule has 3 saturated heterocycles. The molecular formula is C56H75NO13. The molecule has 4 aromatic carbocycles. The number of para-hydroxylation sites is 2. The minimum absolute atomic E-state index is 0.0105. The van der Waals surface area contributed by atoms with E-state index in [0.29, 0.717) is 36.0 Å². The van der Waals surface area contributed by atoms with Crippen molar-refractivity contribution in [1.29, 1.82) is 5.26 Å². The fraction of sp³-hybridized carbons (Fsp3) is 0.554. The van der Waals surface area contributed by atoms with Gasteiger partial charge < -0.3 is 63.8 Å². The first-order chi connectivity index (χ1) is 33.9. The molecule has 70 heavy (non-hydrogen) atoms. The monoisotopic (exact) mass is 970 g/mol. The molecule has 3 fully saturated rings. The van der Waals surface area contributed by atoms with Crippen LogP contribution in [0.25, 0.3) is 0 Å². The Balaban J connectivity index is 0.000000643. The summed E-state index contributed by atoms with van der Waals surface area (Å²) in [6.45, 7) is 4.17. The Kier molecular flexibility index (Phi) is 22.2. The molecule has 7 rings (SSSR count). The molecule has 4 aromatic rings. The Bertz CT molecular complexity index is 2170. The van der Waals surface area contributed by atoms with Crippen molar-refractivity contribution in [3.05, 3.63) is 125 Å². The van der Waals surface area contributed by atoms with Crippen LogP contribution in [0, 0.1) is 11.3 Å². The van der Waals surface area contributed by atoms with Gasteiger partial charge in [-0.2, -0.15) is 5.26 Å². The number of phenolic OH excluding ortho intramolecular Hbond substituents is 3. The van der Waals surface area contributed by atoms with Gasteiger partial charge in [0.15, 0.2) is 25.2 Å². The second-order valence-electron chi connectivity index (χ2n) is 19.0. The number of aliphatic hydroxyl groups excluding tert-OH is 3. The quantitative estimate of drug-likeness (QED) is 0.0405. The highest BCUT2D eigenvalue weighted by Crippen LogP contribution is 2.39. The first-order valence-electron chi connectivity index (χ1n) is 25.3. The van der Waals surface area contributed by atoms with Crippen molar-refractivity contribution in [1.82, 2.24) is 0 Å². The van der Waals surface area contributed by atoms with Crippen LogP contribution in [0.3, 0.4) is 0 Å². The van der Waals surface area contributed by atoms with Gasteiger partial charge in [-0.3, -0.25) is 0 Å². The maximum atomic E-state index is 11.4. The van der Waals surface area contributed by atoms with Crippen LogP contribution < -0.4 is 0 Å². The summed E-state index contributed by atoms with van der Waals surface area (Å²) in [5.74, 6) is 0.367. The van der Waals surface area contributed by atoms with Gasteiger partial charge in [-0.15, -0.1) is 0 Å². The van der Waals surface area contributed by atoms with Crippen molar-refractivity contribution < 1.29 is 63.8 Å². The molecular weight excluding hydrogens is 895 g/mol. The van der Waals surface area contributed by atoms with E-state index in [0.717, 1.165) is 94.6 Å². The Hall–Kier alpha value is -4.63. The molecule has 12 unspecified atom stereocenters. The van der Waals surface area contributed by atoms with Crippen LogP contribution in [-0.2, 0) is 33.2 Å². The lowest BCUT2D eigenvalue weighted by Crippen LogP contribution is -2.36. The molecule has 3 aliphatic rings. The number of benzene rings is 4. The van der Waals surface area contributed by atoms with Gasteiger partial charge in [0.25, 0.3) is 0 Å². The first-order valence-corrected chi connectivity index (χ1v) is 25.3. The molecule has 12 atom stereocenters. The van der Waals surface area contributed by atoms with Crippen molar-refractivity contribution >= 4 is 0 Å². The Morgan fingerprint density at radius 1 is 0.586 bits per heavy atom. The fourth-order valence-corrected chi connectivity index (χ4v) is 9.46. The van der Waals surface area contributed by atoms with E-state index in [9.17, 15) is 30.8 Å². The number of hydrogen-bond acceptors (Lipinski definition) is 14. The van der Waals surface area contributed by atoms with Gasteiger partial charge in [-0.25, -0.2) is 0 Å². The Morgan fingerprint density at radius 3 is 1.77 bits per heavy atom. The number of aromatic hydroxyl groups is 3.